The topological polar surface area (TPSA) is 39.7 Å². The normalized spacial score (nSPS) is 26.0. The second-order valence-corrected chi connectivity index (χ2v) is 8.69. The van der Waals surface area contributed by atoms with Crippen LogP contribution in [0, 0.1) is 0 Å². The number of hydrogen-bond acceptors (Lipinski definition) is 4. The Bertz CT molecular complexity index is 988. The van der Waals surface area contributed by atoms with Crippen molar-refractivity contribution in [1.29, 1.82) is 0 Å². The van der Waals surface area contributed by atoms with Crippen molar-refractivity contribution in [3.63, 3.8) is 0 Å². The maximum absolute atomic E-state index is 12.8. The molecule has 2 heterocycles. The van der Waals surface area contributed by atoms with E-state index in [0.29, 0.717) is 17.9 Å². The molecule has 1 N–H and O–H groups in total. The molecule has 1 spiro atoms. The quantitative estimate of drug-likeness (QED) is 0.632. The highest BCUT2D eigenvalue weighted by Crippen LogP contribution is 2.46. The Balaban J connectivity index is 1.51. The average molecular weight is 445 g/mol. The number of alkyl halides is 3. The molecule has 0 amide bonds. The average Bonchev–Trinajstić information content (AvgIpc) is 3.15. The first-order valence-corrected chi connectivity index (χ1v) is 11.1. The van der Waals surface area contributed by atoms with Crippen LogP contribution in [0.3, 0.4) is 0 Å². The van der Waals surface area contributed by atoms with Gasteiger partial charge >= 0.3 is 6.36 Å². The van der Waals surface area contributed by atoms with Gasteiger partial charge in [0.05, 0.1) is 18.8 Å². The zero-order chi connectivity index (χ0) is 22.2. The van der Waals surface area contributed by atoms with Gasteiger partial charge in [-0.3, -0.25) is 0 Å². The molecule has 3 aliphatic rings. The van der Waals surface area contributed by atoms with Crippen LogP contribution >= 0.6 is 0 Å². The van der Waals surface area contributed by atoms with Crippen LogP contribution in [0.4, 0.5) is 13.2 Å². The van der Waals surface area contributed by atoms with Gasteiger partial charge in [-0.2, -0.15) is 0 Å². The fraction of sp³-hybridized carbons (Fsp3) is 0.440. The van der Waals surface area contributed by atoms with E-state index in [9.17, 15) is 13.2 Å². The fourth-order valence-corrected chi connectivity index (χ4v) is 4.76. The molecule has 0 aromatic heterocycles. The van der Waals surface area contributed by atoms with E-state index in [0.717, 1.165) is 49.8 Å². The summed E-state index contributed by atoms with van der Waals surface area (Å²) in [5.41, 5.74) is 2.01. The molecule has 5 rings (SSSR count). The summed E-state index contributed by atoms with van der Waals surface area (Å²) in [5, 5.41) is 3.57. The molecular formula is C25H26F3NO3. The number of ether oxygens (including phenoxy) is 3. The largest absolute Gasteiger partial charge is 0.573 e. The Labute approximate surface area is 185 Å². The smallest absolute Gasteiger partial charge is 0.490 e. The lowest BCUT2D eigenvalue weighted by atomic mass is 9.81. The molecule has 0 radical (unpaired) electrons. The number of benzene rings is 2. The molecule has 1 saturated carbocycles. The van der Waals surface area contributed by atoms with E-state index in [4.69, 9.17) is 9.47 Å². The van der Waals surface area contributed by atoms with Crippen molar-refractivity contribution in [1.82, 2.24) is 5.32 Å². The minimum Gasteiger partial charge on any atom is -0.490 e. The molecule has 0 unspecified atom stereocenters. The fourth-order valence-electron chi connectivity index (χ4n) is 4.76. The summed E-state index contributed by atoms with van der Waals surface area (Å²) in [6.07, 6.45) is 2.25. The standard InChI is InChI=1S/C25H26F3NO3/c26-25(27,28)32-20-10-11-22(31-19-8-4-9-19)21(14-20)18-15-24(30-16-18)12-5-13-29-23(24)17-6-2-1-3-7-17/h1-3,6-7,10-11,14-15,19,23,29H,4-5,8-9,12-13,16H2/t23-,24+/m0/s1. The van der Waals surface area contributed by atoms with E-state index >= 15 is 0 Å². The van der Waals surface area contributed by atoms with Gasteiger partial charge in [-0.05, 0) is 74.1 Å². The van der Waals surface area contributed by atoms with Crippen LogP contribution in [0.25, 0.3) is 5.57 Å². The summed E-state index contributed by atoms with van der Waals surface area (Å²) in [5.74, 6) is 0.327. The summed E-state index contributed by atoms with van der Waals surface area (Å²) < 4.78 is 55.2. The third-order valence-electron chi connectivity index (χ3n) is 6.51. The molecule has 2 aromatic carbocycles. The van der Waals surface area contributed by atoms with Crippen LogP contribution in [0.1, 0.15) is 49.3 Å². The van der Waals surface area contributed by atoms with Crippen LogP contribution in [-0.2, 0) is 4.74 Å². The van der Waals surface area contributed by atoms with Gasteiger partial charge in [0, 0.05) is 5.56 Å². The molecular weight excluding hydrogens is 419 g/mol. The molecule has 170 valence electrons. The second-order valence-electron chi connectivity index (χ2n) is 8.69. The zero-order valence-corrected chi connectivity index (χ0v) is 17.7. The minimum atomic E-state index is -4.75. The summed E-state index contributed by atoms with van der Waals surface area (Å²) >= 11 is 0. The van der Waals surface area contributed by atoms with Crippen LogP contribution in [0.15, 0.2) is 54.6 Å². The van der Waals surface area contributed by atoms with Crippen LogP contribution in [0.2, 0.25) is 0 Å². The van der Waals surface area contributed by atoms with Gasteiger partial charge in [-0.1, -0.05) is 30.3 Å². The Morgan fingerprint density at radius 2 is 1.84 bits per heavy atom. The Morgan fingerprint density at radius 1 is 1.03 bits per heavy atom. The van der Waals surface area contributed by atoms with Crippen molar-refractivity contribution >= 4 is 5.57 Å². The Hall–Kier alpha value is -2.51. The van der Waals surface area contributed by atoms with Crippen molar-refractivity contribution < 1.29 is 27.4 Å². The lowest BCUT2D eigenvalue weighted by Gasteiger charge is -2.40. The summed E-state index contributed by atoms with van der Waals surface area (Å²) in [6, 6.07) is 14.4. The van der Waals surface area contributed by atoms with Gasteiger partial charge in [0.1, 0.15) is 17.1 Å². The lowest BCUT2D eigenvalue weighted by Crippen LogP contribution is -2.47. The molecule has 1 aliphatic carbocycles. The second kappa shape index (κ2) is 8.45. The molecule has 2 fully saturated rings. The van der Waals surface area contributed by atoms with E-state index in [-0.39, 0.29) is 17.9 Å². The third-order valence-corrected chi connectivity index (χ3v) is 6.51. The zero-order valence-electron chi connectivity index (χ0n) is 17.7. The SMILES string of the molecule is FC(F)(F)Oc1ccc(OC2CCC2)c(C2=C[C@@]3(CCCN[C@H]3c3ccccc3)OC2)c1. The highest BCUT2D eigenvalue weighted by molar-refractivity contribution is 5.75. The van der Waals surface area contributed by atoms with Gasteiger partial charge in [-0.15, -0.1) is 13.2 Å². The van der Waals surface area contributed by atoms with E-state index in [2.05, 4.69) is 28.3 Å². The van der Waals surface area contributed by atoms with Crippen molar-refractivity contribution in [2.75, 3.05) is 13.2 Å². The van der Waals surface area contributed by atoms with Crippen molar-refractivity contribution in [2.45, 2.75) is 56.2 Å². The number of nitrogens with one attached hydrogen (secondary N) is 1. The molecule has 1 saturated heterocycles. The first kappa shape index (κ1) is 21.3. The minimum absolute atomic E-state index is 0.0273. The molecule has 4 nitrogen and oxygen atoms in total. The van der Waals surface area contributed by atoms with Crippen LogP contribution in [0.5, 0.6) is 11.5 Å². The molecule has 32 heavy (non-hydrogen) atoms. The van der Waals surface area contributed by atoms with Gasteiger partial charge in [0.2, 0.25) is 0 Å². The third kappa shape index (κ3) is 4.36. The maximum atomic E-state index is 12.8. The molecule has 0 bridgehead atoms. The van der Waals surface area contributed by atoms with Crippen molar-refractivity contribution in [3.05, 3.63) is 65.7 Å². The highest BCUT2D eigenvalue weighted by Gasteiger charge is 2.45. The summed E-state index contributed by atoms with van der Waals surface area (Å²) in [4.78, 5) is 0. The summed E-state index contributed by atoms with van der Waals surface area (Å²) in [7, 11) is 0. The lowest BCUT2D eigenvalue weighted by molar-refractivity contribution is -0.274. The first-order chi connectivity index (χ1) is 15.4. The molecule has 2 aliphatic heterocycles. The Kier molecular flexibility index (Phi) is 5.63. The predicted molar refractivity (Wildman–Crippen MR) is 114 cm³/mol. The molecule has 2 atom stereocenters. The maximum Gasteiger partial charge on any atom is 0.573 e. The first-order valence-electron chi connectivity index (χ1n) is 11.1. The van der Waals surface area contributed by atoms with Crippen LogP contribution in [-0.4, -0.2) is 31.2 Å². The Morgan fingerprint density at radius 3 is 2.56 bits per heavy atom. The molecule has 7 heteroatoms. The van der Waals surface area contributed by atoms with E-state index in [1.165, 1.54) is 12.1 Å². The number of hydrogen-bond donors (Lipinski definition) is 1. The summed E-state index contributed by atoms with van der Waals surface area (Å²) in [6.45, 7) is 1.19. The van der Waals surface area contributed by atoms with E-state index in [1.807, 2.05) is 18.2 Å². The van der Waals surface area contributed by atoms with Gasteiger partial charge in [0.15, 0.2) is 0 Å². The van der Waals surface area contributed by atoms with Crippen LogP contribution < -0.4 is 14.8 Å². The van der Waals surface area contributed by atoms with Gasteiger partial charge < -0.3 is 19.5 Å². The van der Waals surface area contributed by atoms with E-state index < -0.39 is 12.0 Å². The predicted octanol–water partition coefficient (Wildman–Crippen LogP) is 5.79. The van der Waals surface area contributed by atoms with Crippen molar-refractivity contribution in [3.8, 4) is 11.5 Å². The number of rotatable bonds is 5. The number of piperidine rings is 1. The monoisotopic (exact) mass is 445 g/mol. The van der Waals surface area contributed by atoms with E-state index in [1.54, 1.807) is 6.07 Å². The highest BCUT2D eigenvalue weighted by atomic mass is 19.4. The van der Waals surface area contributed by atoms with Gasteiger partial charge in [-0.25, -0.2) is 0 Å². The molecule has 2 aromatic rings. The van der Waals surface area contributed by atoms with Crippen molar-refractivity contribution in [2.24, 2.45) is 0 Å². The van der Waals surface area contributed by atoms with Gasteiger partial charge in [0.25, 0.3) is 0 Å². The number of halogens is 3.